The molecule has 172 valence electrons. The van der Waals surface area contributed by atoms with Crippen LogP contribution in [0, 0.1) is 0 Å². The summed E-state index contributed by atoms with van der Waals surface area (Å²) in [4.78, 5) is 14.8. The monoisotopic (exact) mass is 472 g/mol. The highest BCUT2D eigenvalue weighted by atomic mass is 15.0. The first-order valence-electron chi connectivity index (χ1n) is 12.4. The van der Waals surface area contributed by atoms with Gasteiger partial charge in [-0.3, -0.25) is 0 Å². The van der Waals surface area contributed by atoms with Gasteiger partial charge in [-0.25, -0.2) is 15.0 Å². The summed E-state index contributed by atoms with van der Waals surface area (Å²) in [7, 11) is 0. The summed E-state index contributed by atoms with van der Waals surface area (Å²) in [6.07, 6.45) is 0. The average molecular weight is 473 g/mol. The van der Waals surface area contributed by atoms with Crippen LogP contribution in [-0.4, -0.2) is 19.4 Å². The van der Waals surface area contributed by atoms with Crippen LogP contribution in [0.4, 0.5) is 0 Å². The summed E-state index contributed by atoms with van der Waals surface area (Å²) < 4.78 is 2.39. The van der Waals surface area contributed by atoms with Gasteiger partial charge < -0.3 is 4.40 Å². The van der Waals surface area contributed by atoms with Gasteiger partial charge in [0, 0.05) is 38.2 Å². The molecule has 0 aliphatic rings. The van der Waals surface area contributed by atoms with Crippen molar-refractivity contribution in [1.29, 1.82) is 0 Å². The number of hydrogen-bond donors (Lipinski definition) is 0. The van der Waals surface area contributed by atoms with Crippen molar-refractivity contribution in [3.8, 4) is 34.2 Å². The van der Waals surface area contributed by atoms with Crippen LogP contribution in [-0.2, 0) is 0 Å². The van der Waals surface area contributed by atoms with E-state index in [0.29, 0.717) is 17.5 Å². The zero-order valence-electron chi connectivity index (χ0n) is 19.8. The number of nitrogens with zero attached hydrogens (tertiary/aromatic N) is 4. The molecule has 0 spiro atoms. The van der Waals surface area contributed by atoms with Crippen LogP contribution in [0.3, 0.4) is 0 Å². The van der Waals surface area contributed by atoms with Crippen molar-refractivity contribution in [3.63, 3.8) is 0 Å². The molecule has 8 rings (SSSR count). The highest BCUT2D eigenvalue weighted by molar-refractivity contribution is 6.24. The van der Waals surface area contributed by atoms with E-state index in [0.717, 1.165) is 16.7 Å². The molecule has 0 saturated carbocycles. The Labute approximate surface area is 212 Å². The Bertz CT molecular complexity index is 1930. The molecule has 0 atom stereocenters. The number of para-hydroxylation sites is 2. The Morgan fingerprint density at radius 1 is 0.378 bits per heavy atom. The number of benzene rings is 5. The topological polar surface area (TPSA) is 43.1 Å². The SMILES string of the molecule is c1ccc(-c2nc(-c3ccccc3)nc(-c3cc4c5ccccc5n5c6ccccc6c(c3)c45)n2)cc1. The second kappa shape index (κ2) is 7.70. The molecule has 0 amide bonds. The van der Waals surface area contributed by atoms with E-state index in [4.69, 9.17) is 15.0 Å². The number of rotatable bonds is 3. The lowest BCUT2D eigenvalue weighted by Crippen LogP contribution is -2.00. The minimum absolute atomic E-state index is 0.670. The molecular weight excluding hydrogens is 452 g/mol. The summed E-state index contributed by atoms with van der Waals surface area (Å²) in [5.74, 6) is 2.01. The zero-order valence-corrected chi connectivity index (χ0v) is 19.8. The van der Waals surface area contributed by atoms with E-state index in [1.807, 2.05) is 60.7 Å². The van der Waals surface area contributed by atoms with E-state index in [9.17, 15) is 0 Å². The molecule has 0 aliphatic heterocycles. The van der Waals surface area contributed by atoms with Crippen LogP contribution in [0.25, 0.3) is 72.3 Å². The molecule has 0 saturated heterocycles. The van der Waals surface area contributed by atoms with Gasteiger partial charge in [0.2, 0.25) is 0 Å². The lowest BCUT2D eigenvalue weighted by molar-refractivity contribution is 1.07. The molecule has 0 unspecified atom stereocenters. The minimum Gasteiger partial charge on any atom is -0.308 e. The van der Waals surface area contributed by atoms with Gasteiger partial charge in [0.15, 0.2) is 17.5 Å². The standard InChI is InChI=1S/C33H20N4/c1-3-11-21(12-4-1)31-34-32(22-13-5-2-6-14-22)36-33(35-31)23-19-26-24-15-7-9-17-28(24)37-29-18-10-8-16-25(29)27(20-23)30(26)37/h1-20H. The second-order valence-corrected chi connectivity index (χ2v) is 9.33. The van der Waals surface area contributed by atoms with Gasteiger partial charge in [-0.2, -0.15) is 0 Å². The Morgan fingerprint density at radius 2 is 0.784 bits per heavy atom. The van der Waals surface area contributed by atoms with Crippen molar-refractivity contribution in [2.45, 2.75) is 0 Å². The molecule has 4 nitrogen and oxygen atoms in total. The Balaban J connectivity index is 1.47. The van der Waals surface area contributed by atoms with Gasteiger partial charge in [0.25, 0.3) is 0 Å². The highest BCUT2D eigenvalue weighted by Crippen LogP contribution is 2.41. The fourth-order valence-electron chi connectivity index (χ4n) is 5.52. The molecule has 0 radical (unpaired) electrons. The molecule has 4 heteroatoms. The van der Waals surface area contributed by atoms with Crippen LogP contribution < -0.4 is 0 Å². The van der Waals surface area contributed by atoms with Crippen molar-refractivity contribution >= 4 is 38.1 Å². The van der Waals surface area contributed by atoms with Crippen molar-refractivity contribution < 1.29 is 0 Å². The Hall–Kier alpha value is -5.09. The summed E-state index contributed by atoms with van der Waals surface area (Å²) >= 11 is 0. The fourth-order valence-corrected chi connectivity index (χ4v) is 5.52. The molecule has 0 fully saturated rings. The average Bonchev–Trinajstić information content (AvgIpc) is 3.49. The van der Waals surface area contributed by atoms with Crippen LogP contribution in [0.15, 0.2) is 121 Å². The maximum absolute atomic E-state index is 4.99. The van der Waals surface area contributed by atoms with Crippen molar-refractivity contribution in [2.24, 2.45) is 0 Å². The van der Waals surface area contributed by atoms with Crippen LogP contribution >= 0.6 is 0 Å². The van der Waals surface area contributed by atoms with Crippen molar-refractivity contribution in [1.82, 2.24) is 19.4 Å². The largest absolute Gasteiger partial charge is 0.308 e. The van der Waals surface area contributed by atoms with Gasteiger partial charge in [-0.15, -0.1) is 0 Å². The van der Waals surface area contributed by atoms with E-state index in [1.165, 1.54) is 38.1 Å². The minimum atomic E-state index is 0.670. The maximum atomic E-state index is 4.99. The van der Waals surface area contributed by atoms with Crippen LogP contribution in [0.1, 0.15) is 0 Å². The first-order valence-corrected chi connectivity index (χ1v) is 12.4. The first kappa shape index (κ1) is 20.1. The van der Waals surface area contributed by atoms with Gasteiger partial charge in [0.1, 0.15) is 0 Å². The zero-order chi connectivity index (χ0) is 24.3. The molecule has 3 aromatic heterocycles. The van der Waals surface area contributed by atoms with Gasteiger partial charge in [-0.05, 0) is 24.3 Å². The summed E-state index contributed by atoms with van der Waals surface area (Å²) in [5, 5.41) is 4.89. The summed E-state index contributed by atoms with van der Waals surface area (Å²) in [6, 6.07) is 41.9. The normalized spacial score (nSPS) is 11.8. The van der Waals surface area contributed by atoms with Gasteiger partial charge >= 0.3 is 0 Å². The molecule has 0 aliphatic carbocycles. The maximum Gasteiger partial charge on any atom is 0.164 e. The Kier molecular flexibility index (Phi) is 4.19. The predicted molar refractivity (Wildman–Crippen MR) is 151 cm³/mol. The fraction of sp³-hybridized carbons (Fsp3) is 0. The number of fused-ring (bicyclic) bond motifs is 6. The van der Waals surface area contributed by atoms with Crippen molar-refractivity contribution in [3.05, 3.63) is 121 Å². The predicted octanol–water partition coefficient (Wildman–Crippen LogP) is 8.02. The molecule has 3 heterocycles. The van der Waals surface area contributed by atoms with E-state index in [-0.39, 0.29) is 0 Å². The quantitative estimate of drug-likeness (QED) is 0.261. The molecule has 0 N–H and O–H groups in total. The molecule has 5 aromatic carbocycles. The first-order chi connectivity index (χ1) is 18.3. The molecule has 8 aromatic rings. The lowest BCUT2D eigenvalue weighted by Gasteiger charge is -2.09. The Morgan fingerprint density at radius 3 is 1.27 bits per heavy atom. The molecule has 0 bridgehead atoms. The highest BCUT2D eigenvalue weighted by Gasteiger charge is 2.20. The number of hydrogen-bond acceptors (Lipinski definition) is 3. The molecule has 37 heavy (non-hydrogen) atoms. The lowest BCUT2D eigenvalue weighted by atomic mass is 10.0. The summed E-state index contributed by atoms with van der Waals surface area (Å²) in [6.45, 7) is 0. The van der Waals surface area contributed by atoms with E-state index < -0.39 is 0 Å². The van der Waals surface area contributed by atoms with Crippen LogP contribution in [0.5, 0.6) is 0 Å². The van der Waals surface area contributed by atoms with E-state index >= 15 is 0 Å². The van der Waals surface area contributed by atoms with E-state index in [1.54, 1.807) is 0 Å². The van der Waals surface area contributed by atoms with E-state index in [2.05, 4.69) is 65.1 Å². The number of aromatic nitrogens is 4. The molecular formula is C33H20N4. The van der Waals surface area contributed by atoms with Gasteiger partial charge in [-0.1, -0.05) is 97.1 Å². The van der Waals surface area contributed by atoms with Crippen LogP contribution in [0.2, 0.25) is 0 Å². The second-order valence-electron chi connectivity index (χ2n) is 9.33. The van der Waals surface area contributed by atoms with Gasteiger partial charge in [0.05, 0.1) is 16.6 Å². The summed E-state index contributed by atoms with van der Waals surface area (Å²) in [5.41, 5.74) is 6.59. The van der Waals surface area contributed by atoms with Crippen molar-refractivity contribution in [2.75, 3.05) is 0 Å². The third kappa shape index (κ3) is 2.99. The smallest absolute Gasteiger partial charge is 0.164 e. The third-order valence-corrected chi connectivity index (χ3v) is 7.16. The third-order valence-electron chi connectivity index (χ3n) is 7.16.